The van der Waals surface area contributed by atoms with Crippen LogP contribution in [0.15, 0.2) is 11.6 Å². The first-order chi connectivity index (χ1) is 22.1. The molecule has 0 aromatic rings. The second kappa shape index (κ2) is 17.3. The third-order valence-corrected chi connectivity index (χ3v) is 13.7. The van der Waals surface area contributed by atoms with Crippen LogP contribution in [0, 0.1) is 46.3 Å². The lowest BCUT2D eigenvalue weighted by atomic mass is 9.47. The number of nitrogens with zero attached hydrogens (tertiary/aromatic N) is 1. The minimum Gasteiger partial charge on any atom is -0.377 e. The van der Waals surface area contributed by atoms with Gasteiger partial charge in [0.1, 0.15) is 13.2 Å². The summed E-state index contributed by atoms with van der Waals surface area (Å²) in [5.41, 5.74) is 2.57. The predicted molar refractivity (Wildman–Crippen MR) is 189 cm³/mol. The quantitative estimate of drug-likeness (QED) is 0.0598. The molecule has 0 saturated heterocycles. The molecular weight excluding hydrogens is 613 g/mol. The van der Waals surface area contributed by atoms with Crippen LogP contribution in [0.25, 0.3) is 0 Å². The average Bonchev–Trinajstić information content (AvgIpc) is 3.34. The number of hydrogen-bond donors (Lipinski definition) is 1. The summed E-state index contributed by atoms with van der Waals surface area (Å²) in [5.74, 6) is 5.23. The van der Waals surface area contributed by atoms with Crippen LogP contribution in [-0.4, -0.2) is 89.4 Å². The zero-order valence-electron chi connectivity index (χ0n) is 31.3. The largest absolute Gasteiger partial charge is 0.472 e. The number of ether oxygens (including phenoxy) is 3. The molecule has 1 N–H and O–H groups in total. The molecule has 8 nitrogen and oxygen atoms in total. The van der Waals surface area contributed by atoms with Gasteiger partial charge in [0.05, 0.1) is 66.9 Å². The van der Waals surface area contributed by atoms with Crippen LogP contribution in [0.4, 0.5) is 0 Å². The van der Waals surface area contributed by atoms with Gasteiger partial charge in [-0.2, -0.15) is 0 Å². The number of hydrogen-bond acceptors (Lipinski definition) is 6. The van der Waals surface area contributed by atoms with Crippen LogP contribution >= 0.6 is 7.82 Å². The number of quaternary nitrogens is 1. The van der Waals surface area contributed by atoms with Gasteiger partial charge >= 0.3 is 7.82 Å². The van der Waals surface area contributed by atoms with E-state index in [1.807, 2.05) is 21.1 Å². The summed E-state index contributed by atoms with van der Waals surface area (Å²) in [6.07, 6.45) is 17.7. The molecule has 4 unspecified atom stereocenters. The monoisotopic (exact) mass is 684 g/mol. The first-order valence-corrected chi connectivity index (χ1v) is 20.5. The Balaban J connectivity index is 1.11. The van der Waals surface area contributed by atoms with Crippen molar-refractivity contribution in [2.24, 2.45) is 46.3 Å². The second-order valence-electron chi connectivity index (χ2n) is 17.4. The van der Waals surface area contributed by atoms with Crippen LogP contribution in [0.3, 0.4) is 0 Å². The van der Waals surface area contributed by atoms with Crippen LogP contribution in [-0.2, 0) is 27.8 Å². The van der Waals surface area contributed by atoms with Gasteiger partial charge in [-0.25, -0.2) is 4.57 Å². The summed E-state index contributed by atoms with van der Waals surface area (Å²) in [6, 6.07) is 0. The SMILES string of the molecule is CC(C)CCC[C@@H](C)[C@H]1CCC2C3CC=C4C[C@@H](OCCOCCOCCOP(=O)(O)OCC[N+](C)(C)C)CC[C@]4(C)C3CC[C@@]21C. The van der Waals surface area contributed by atoms with Gasteiger partial charge in [-0.15, -0.1) is 0 Å². The van der Waals surface area contributed by atoms with E-state index in [-0.39, 0.29) is 25.9 Å². The van der Waals surface area contributed by atoms with Gasteiger partial charge in [0, 0.05) is 0 Å². The number of likely N-dealkylation sites (N-methyl/N-ethyl adjacent to an activating group) is 1. The summed E-state index contributed by atoms with van der Waals surface area (Å²) in [6.45, 7) is 15.6. The Bertz CT molecular complexity index is 1050. The minimum atomic E-state index is -4.04. The third kappa shape index (κ3) is 10.8. The Morgan fingerprint density at radius 3 is 2.26 bits per heavy atom. The zero-order chi connectivity index (χ0) is 34.3. The molecule has 9 heteroatoms. The second-order valence-corrected chi connectivity index (χ2v) is 18.9. The van der Waals surface area contributed by atoms with Crippen molar-refractivity contribution in [1.29, 1.82) is 0 Å². The van der Waals surface area contributed by atoms with Gasteiger partial charge in [-0.05, 0) is 97.7 Å². The average molecular weight is 685 g/mol. The molecule has 0 aromatic heterocycles. The molecule has 4 aliphatic carbocycles. The molecule has 0 heterocycles. The van der Waals surface area contributed by atoms with Crippen molar-refractivity contribution in [3.8, 4) is 0 Å². The van der Waals surface area contributed by atoms with Crippen molar-refractivity contribution < 1.29 is 37.2 Å². The lowest BCUT2D eigenvalue weighted by Crippen LogP contribution is -2.51. The minimum absolute atomic E-state index is 0.00240. The van der Waals surface area contributed by atoms with E-state index >= 15 is 0 Å². The van der Waals surface area contributed by atoms with Gasteiger partial charge < -0.3 is 23.6 Å². The maximum atomic E-state index is 11.9. The van der Waals surface area contributed by atoms with Gasteiger partial charge in [0.15, 0.2) is 0 Å². The summed E-state index contributed by atoms with van der Waals surface area (Å²) < 4.78 is 40.1. The van der Waals surface area contributed by atoms with E-state index in [0.29, 0.717) is 48.3 Å². The highest BCUT2D eigenvalue weighted by atomic mass is 31.2. The first kappa shape index (κ1) is 39.5. The Labute approximate surface area is 287 Å². The predicted octanol–water partition coefficient (Wildman–Crippen LogP) is 8.29. The molecule has 47 heavy (non-hydrogen) atoms. The van der Waals surface area contributed by atoms with Crippen molar-refractivity contribution >= 4 is 7.82 Å². The molecule has 274 valence electrons. The maximum Gasteiger partial charge on any atom is 0.472 e. The molecule has 3 saturated carbocycles. The summed E-state index contributed by atoms with van der Waals surface area (Å²) >= 11 is 0. The number of fused-ring (bicyclic) bond motifs is 5. The fourth-order valence-electron chi connectivity index (χ4n) is 10.1. The molecule has 0 amide bonds. The highest BCUT2D eigenvalue weighted by molar-refractivity contribution is 7.47. The first-order valence-electron chi connectivity index (χ1n) is 19.0. The van der Waals surface area contributed by atoms with Gasteiger partial charge in [-0.3, -0.25) is 9.05 Å². The van der Waals surface area contributed by atoms with Crippen molar-refractivity contribution in [2.45, 2.75) is 111 Å². The topological polar surface area (TPSA) is 83.5 Å². The normalized spacial score (nSPS) is 34.3. The van der Waals surface area contributed by atoms with E-state index in [2.05, 4.69) is 40.7 Å². The molecule has 0 bridgehead atoms. The van der Waals surface area contributed by atoms with Crippen molar-refractivity contribution in [3.63, 3.8) is 0 Å². The number of phosphoric ester groups is 1. The molecule has 3 fully saturated rings. The van der Waals surface area contributed by atoms with Crippen LogP contribution in [0.1, 0.15) is 105 Å². The molecule has 0 aliphatic heterocycles. The molecule has 9 atom stereocenters. The Kier molecular flexibility index (Phi) is 14.5. The fraction of sp³-hybridized carbons (Fsp3) is 0.947. The fourth-order valence-corrected chi connectivity index (χ4v) is 10.8. The highest BCUT2D eigenvalue weighted by Gasteiger charge is 2.59. The number of phosphoric acid groups is 1. The van der Waals surface area contributed by atoms with Gasteiger partial charge in [0.25, 0.3) is 0 Å². The third-order valence-electron chi connectivity index (χ3n) is 12.7. The Morgan fingerprint density at radius 1 is 0.872 bits per heavy atom. The maximum absolute atomic E-state index is 11.9. The van der Waals surface area contributed by atoms with Crippen molar-refractivity contribution in [2.75, 3.05) is 73.9 Å². The molecule has 4 rings (SSSR count). The van der Waals surface area contributed by atoms with E-state index in [0.717, 1.165) is 48.3 Å². The van der Waals surface area contributed by atoms with Crippen molar-refractivity contribution in [1.82, 2.24) is 0 Å². The summed E-state index contributed by atoms with van der Waals surface area (Å²) in [7, 11) is 1.93. The van der Waals surface area contributed by atoms with Gasteiger partial charge in [-0.1, -0.05) is 65.5 Å². The Hall–Kier alpha value is -0.310. The Morgan fingerprint density at radius 2 is 1.55 bits per heavy atom. The standard InChI is InChI=1S/C38H70NO7P/c1-29(2)10-9-11-30(3)34-14-15-35-33-13-12-31-28-32(16-18-37(31,4)36(33)17-19-38(34,35)5)44-26-24-42-22-23-43-25-27-46-47(40,41)45-21-20-39(6,7)8/h12,29-30,32-36H,9-11,13-28H2,1-8H3/p+1/t30-,32+,33?,34-,35?,36?,37+,38-/m1/s1. The van der Waals surface area contributed by atoms with Crippen molar-refractivity contribution in [3.05, 3.63) is 11.6 Å². The number of rotatable bonds is 20. The molecule has 0 spiro atoms. The molecule has 0 aromatic carbocycles. The van der Waals surface area contributed by atoms with Crippen LogP contribution in [0.2, 0.25) is 0 Å². The zero-order valence-corrected chi connectivity index (χ0v) is 32.2. The molecule has 4 aliphatic rings. The van der Waals surface area contributed by atoms with Crippen LogP contribution < -0.4 is 0 Å². The summed E-state index contributed by atoms with van der Waals surface area (Å²) in [5, 5.41) is 0. The van der Waals surface area contributed by atoms with E-state index in [1.54, 1.807) is 5.57 Å². The van der Waals surface area contributed by atoms with E-state index in [9.17, 15) is 9.46 Å². The molecule has 0 radical (unpaired) electrons. The lowest BCUT2D eigenvalue weighted by Gasteiger charge is -2.58. The number of allylic oxidation sites excluding steroid dienone is 1. The van der Waals surface area contributed by atoms with E-state index in [4.69, 9.17) is 23.3 Å². The van der Waals surface area contributed by atoms with Gasteiger partial charge in [0.2, 0.25) is 0 Å². The van der Waals surface area contributed by atoms with Crippen LogP contribution in [0.5, 0.6) is 0 Å². The molecular formula is C38H71NO7P+. The summed E-state index contributed by atoms with van der Waals surface area (Å²) in [4.78, 5) is 9.76. The van der Waals surface area contributed by atoms with E-state index < -0.39 is 7.82 Å². The van der Waals surface area contributed by atoms with E-state index in [1.165, 1.54) is 57.8 Å². The lowest BCUT2D eigenvalue weighted by molar-refractivity contribution is -0.870. The smallest absolute Gasteiger partial charge is 0.377 e. The highest BCUT2D eigenvalue weighted by Crippen LogP contribution is 2.67.